The summed E-state index contributed by atoms with van der Waals surface area (Å²) in [4.78, 5) is 0. The molecule has 3 N–H and O–H groups in total. The smallest absolute Gasteiger partial charge is 0.164 e. The summed E-state index contributed by atoms with van der Waals surface area (Å²) >= 11 is 0. The zero-order chi connectivity index (χ0) is 15.4. The van der Waals surface area contributed by atoms with Crippen LogP contribution in [-0.2, 0) is 0 Å². The van der Waals surface area contributed by atoms with E-state index >= 15 is 0 Å². The second kappa shape index (κ2) is 7.09. The van der Waals surface area contributed by atoms with E-state index in [0.29, 0.717) is 36.7 Å². The summed E-state index contributed by atoms with van der Waals surface area (Å²) in [5.41, 5.74) is 6.44. The van der Waals surface area contributed by atoms with E-state index in [4.69, 9.17) is 15.2 Å². The molecule has 1 aliphatic rings. The Kier molecular flexibility index (Phi) is 5.42. The molecular formula is C16H24FNO3. The van der Waals surface area contributed by atoms with E-state index in [9.17, 15) is 9.50 Å². The minimum absolute atomic E-state index is 0.140. The first-order valence-electron chi connectivity index (χ1n) is 7.55. The van der Waals surface area contributed by atoms with Crippen molar-refractivity contribution in [3.05, 3.63) is 23.5 Å². The molecule has 0 amide bonds. The molecule has 0 aromatic heterocycles. The Bertz CT molecular complexity index is 481. The molecule has 3 unspecified atom stereocenters. The molecule has 1 aromatic carbocycles. The molecule has 1 aromatic rings. The Morgan fingerprint density at radius 1 is 1.29 bits per heavy atom. The van der Waals surface area contributed by atoms with Gasteiger partial charge >= 0.3 is 0 Å². The number of benzene rings is 1. The van der Waals surface area contributed by atoms with Crippen molar-refractivity contribution < 1.29 is 19.0 Å². The van der Waals surface area contributed by atoms with Gasteiger partial charge in [0, 0.05) is 12.1 Å². The molecule has 4 nitrogen and oxygen atoms in total. The van der Waals surface area contributed by atoms with E-state index in [0.717, 1.165) is 12.8 Å². The van der Waals surface area contributed by atoms with Crippen LogP contribution in [-0.4, -0.2) is 30.5 Å². The highest BCUT2D eigenvalue weighted by atomic mass is 19.1. The lowest BCUT2D eigenvalue weighted by Gasteiger charge is -2.24. The first-order chi connectivity index (χ1) is 10.0. The molecule has 0 saturated carbocycles. The van der Waals surface area contributed by atoms with Crippen molar-refractivity contribution in [2.45, 2.75) is 51.2 Å². The van der Waals surface area contributed by atoms with Crippen LogP contribution in [0.4, 0.5) is 4.39 Å². The number of ether oxygens (including phenoxy) is 2. The quantitative estimate of drug-likeness (QED) is 0.847. The van der Waals surface area contributed by atoms with Gasteiger partial charge in [-0.15, -0.1) is 0 Å². The number of aliphatic hydroxyl groups excluding tert-OH is 1. The lowest BCUT2D eigenvalue weighted by molar-refractivity contribution is 0.123. The number of rotatable bonds is 6. The molecule has 1 heterocycles. The van der Waals surface area contributed by atoms with Crippen LogP contribution in [0.15, 0.2) is 12.1 Å². The van der Waals surface area contributed by atoms with Crippen LogP contribution in [0.2, 0.25) is 0 Å². The molecule has 0 spiro atoms. The molecule has 5 heteroatoms. The van der Waals surface area contributed by atoms with Gasteiger partial charge in [0.2, 0.25) is 0 Å². The lowest BCUT2D eigenvalue weighted by atomic mass is 9.90. The largest absolute Gasteiger partial charge is 0.486 e. The second-order valence-electron chi connectivity index (χ2n) is 5.67. The zero-order valence-corrected chi connectivity index (χ0v) is 12.6. The van der Waals surface area contributed by atoms with E-state index in [-0.39, 0.29) is 17.8 Å². The van der Waals surface area contributed by atoms with Crippen molar-refractivity contribution in [1.29, 1.82) is 0 Å². The maximum atomic E-state index is 14.2. The maximum Gasteiger partial charge on any atom is 0.164 e. The van der Waals surface area contributed by atoms with Gasteiger partial charge in [0.15, 0.2) is 11.5 Å². The number of halogens is 1. The molecular weight excluding hydrogens is 273 g/mol. The molecule has 21 heavy (non-hydrogen) atoms. The molecule has 118 valence electrons. The van der Waals surface area contributed by atoms with Crippen molar-refractivity contribution in [1.82, 2.24) is 0 Å². The third-order valence-corrected chi connectivity index (χ3v) is 3.90. The molecule has 2 rings (SSSR count). The van der Waals surface area contributed by atoms with Crippen LogP contribution >= 0.6 is 0 Å². The highest BCUT2D eigenvalue weighted by Gasteiger charge is 2.23. The highest BCUT2D eigenvalue weighted by Crippen LogP contribution is 2.36. The number of fused-ring (bicyclic) bond motifs is 1. The predicted molar refractivity (Wildman–Crippen MR) is 79.3 cm³/mol. The van der Waals surface area contributed by atoms with Gasteiger partial charge in [0.1, 0.15) is 19.0 Å². The van der Waals surface area contributed by atoms with E-state index in [1.807, 2.05) is 13.8 Å². The van der Waals surface area contributed by atoms with E-state index < -0.39 is 6.10 Å². The van der Waals surface area contributed by atoms with E-state index in [2.05, 4.69) is 0 Å². The summed E-state index contributed by atoms with van der Waals surface area (Å²) in [5, 5.41) is 10.1. The van der Waals surface area contributed by atoms with Crippen molar-refractivity contribution in [2.75, 3.05) is 13.2 Å². The van der Waals surface area contributed by atoms with Gasteiger partial charge in [-0.2, -0.15) is 0 Å². The molecule has 1 aliphatic heterocycles. The molecule has 0 saturated heterocycles. The Labute approximate surface area is 125 Å². The molecule has 3 atom stereocenters. The third-order valence-electron chi connectivity index (χ3n) is 3.90. The summed E-state index contributed by atoms with van der Waals surface area (Å²) in [6, 6.07) is 2.77. The van der Waals surface area contributed by atoms with Crippen molar-refractivity contribution >= 4 is 0 Å². The lowest BCUT2D eigenvalue weighted by Crippen LogP contribution is -2.35. The highest BCUT2D eigenvalue weighted by molar-refractivity contribution is 5.45. The van der Waals surface area contributed by atoms with Gasteiger partial charge in [-0.05, 0) is 30.4 Å². The van der Waals surface area contributed by atoms with Crippen LogP contribution in [0.25, 0.3) is 0 Å². The predicted octanol–water partition coefficient (Wildman–Crippen LogP) is 2.58. The summed E-state index contributed by atoms with van der Waals surface area (Å²) in [6.07, 6.45) is 1.48. The Balaban J connectivity index is 2.10. The van der Waals surface area contributed by atoms with Crippen LogP contribution in [0.5, 0.6) is 11.5 Å². The zero-order valence-electron chi connectivity index (χ0n) is 12.6. The second-order valence-corrected chi connectivity index (χ2v) is 5.67. The van der Waals surface area contributed by atoms with Crippen molar-refractivity contribution in [2.24, 2.45) is 5.73 Å². The van der Waals surface area contributed by atoms with Gasteiger partial charge in [-0.1, -0.05) is 20.3 Å². The topological polar surface area (TPSA) is 64.7 Å². The molecule has 0 bridgehead atoms. The standard InChI is InChI=1S/C16H24FNO3/c1-3-4-13(18)14(19)7-10(2)11-8-15-16(9-12(11)17)21-6-5-20-15/h8-10,13-14,19H,3-7,18H2,1-2H3. The van der Waals surface area contributed by atoms with Crippen molar-refractivity contribution in [3.8, 4) is 11.5 Å². The summed E-state index contributed by atoms with van der Waals surface area (Å²) < 4.78 is 25.0. The fourth-order valence-electron chi connectivity index (χ4n) is 2.65. The van der Waals surface area contributed by atoms with E-state index in [1.165, 1.54) is 6.07 Å². The van der Waals surface area contributed by atoms with Crippen LogP contribution in [0, 0.1) is 5.82 Å². The fraction of sp³-hybridized carbons (Fsp3) is 0.625. The number of hydrogen-bond acceptors (Lipinski definition) is 4. The van der Waals surface area contributed by atoms with Crippen LogP contribution < -0.4 is 15.2 Å². The fourth-order valence-corrected chi connectivity index (χ4v) is 2.65. The number of nitrogens with two attached hydrogens (primary N) is 1. The van der Waals surface area contributed by atoms with Gasteiger partial charge in [0.05, 0.1) is 6.10 Å². The Morgan fingerprint density at radius 3 is 2.52 bits per heavy atom. The average Bonchev–Trinajstić information content (AvgIpc) is 2.46. The first-order valence-corrected chi connectivity index (χ1v) is 7.55. The third kappa shape index (κ3) is 3.86. The van der Waals surface area contributed by atoms with Gasteiger partial charge in [-0.25, -0.2) is 4.39 Å². The molecule has 0 radical (unpaired) electrons. The van der Waals surface area contributed by atoms with Gasteiger partial charge in [0.25, 0.3) is 0 Å². The number of hydrogen-bond donors (Lipinski definition) is 2. The summed E-state index contributed by atoms with van der Waals surface area (Å²) in [6.45, 7) is 4.81. The molecule has 0 fully saturated rings. The first kappa shape index (κ1) is 16.0. The van der Waals surface area contributed by atoms with Crippen LogP contribution in [0.3, 0.4) is 0 Å². The van der Waals surface area contributed by atoms with Crippen LogP contribution in [0.1, 0.15) is 44.6 Å². The summed E-state index contributed by atoms with van der Waals surface area (Å²) in [5.74, 6) is 0.538. The Hall–Kier alpha value is -1.33. The molecule has 0 aliphatic carbocycles. The minimum Gasteiger partial charge on any atom is -0.486 e. The Morgan fingerprint density at radius 2 is 1.90 bits per heavy atom. The minimum atomic E-state index is -0.632. The monoisotopic (exact) mass is 297 g/mol. The SMILES string of the molecule is CCCC(N)C(O)CC(C)c1cc2c(cc1F)OCCO2. The summed E-state index contributed by atoms with van der Waals surface area (Å²) in [7, 11) is 0. The van der Waals surface area contributed by atoms with Gasteiger partial charge in [-0.3, -0.25) is 0 Å². The van der Waals surface area contributed by atoms with E-state index in [1.54, 1.807) is 6.07 Å². The van der Waals surface area contributed by atoms with Crippen molar-refractivity contribution in [3.63, 3.8) is 0 Å². The maximum absolute atomic E-state index is 14.2. The average molecular weight is 297 g/mol. The number of aliphatic hydroxyl groups is 1. The van der Waals surface area contributed by atoms with Gasteiger partial charge < -0.3 is 20.3 Å². The normalized spacial score (nSPS) is 18.1.